The van der Waals surface area contributed by atoms with E-state index < -0.39 is 14.9 Å². The summed E-state index contributed by atoms with van der Waals surface area (Å²) in [6.45, 7) is 0.138. The molecule has 0 saturated carbocycles. The molecule has 1 atom stereocenters. The summed E-state index contributed by atoms with van der Waals surface area (Å²) in [5, 5.41) is 18.9. The maximum atomic E-state index is 12.0. The molecule has 3 N–H and O–H groups in total. The monoisotopic (exact) mass is 444 g/mol. The number of rotatable bonds is 15. The topological polar surface area (TPSA) is 100 Å². The van der Waals surface area contributed by atoms with Gasteiger partial charge in [-0.1, -0.05) is 0 Å². The van der Waals surface area contributed by atoms with E-state index in [2.05, 4.69) is 5.43 Å². The van der Waals surface area contributed by atoms with Crippen LogP contribution in [0.4, 0.5) is 0 Å². The molecule has 12 heteroatoms. The molecule has 1 unspecified atom stereocenters. The van der Waals surface area contributed by atoms with Crippen LogP contribution in [-0.4, -0.2) is 74.2 Å². The maximum absolute atomic E-state index is 12.0. The van der Waals surface area contributed by atoms with Gasteiger partial charge in [0.15, 0.2) is 0 Å². The molecule has 0 spiro atoms. The zero-order valence-electron chi connectivity index (χ0n) is 15.3. The Hall–Kier alpha value is 0.237. The van der Waals surface area contributed by atoms with Crippen molar-refractivity contribution >= 4 is 50.2 Å². The third-order valence-corrected chi connectivity index (χ3v) is 9.70. The van der Waals surface area contributed by atoms with Gasteiger partial charge < -0.3 is 28.9 Å². The summed E-state index contributed by atoms with van der Waals surface area (Å²) in [5.74, 6) is 1.09. The third-order valence-electron chi connectivity index (χ3n) is 3.52. The molecular formula is C14H28N2O6S3Si. The van der Waals surface area contributed by atoms with Crippen molar-refractivity contribution < 1.29 is 28.3 Å². The Bertz CT molecular complexity index is 448. The molecule has 1 aliphatic rings. The highest BCUT2D eigenvalue weighted by Gasteiger charge is 2.37. The second-order valence-corrected chi connectivity index (χ2v) is 12.0. The van der Waals surface area contributed by atoms with Gasteiger partial charge in [0.05, 0.1) is 16.9 Å². The van der Waals surface area contributed by atoms with Crippen LogP contribution >= 0.6 is 35.7 Å². The standard InChI is InChI=1S/C14H28N2O6S3Si/c1-20-26(21-2,22-3)8-4-5-12(18)9-13(19)11-24-16-15-10-14(25-16)23-7-6-17/h10,13,15,17,19H,4-9,11H2,1-3H3. The van der Waals surface area contributed by atoms with Crippen molar-refractivity contribution in [1.29, 1.82) is 0 Å². The fraction of sp³-hybridized carbons (Fsp3) is 0.786. The Labute approximate surface area is 169 Å². The number of hydrogen-bond acceptors (Lipinski definition) is 11. The lowest BCUT2D eigenvalue weighted by molar-refractivity contribution is -0.120. The van der Waals surface area contributed by atoms with Gasteiger partial charge >= 0.3 is 8.80 Å². The van der Waals surface area contributed by atoms with Gasteiger partial charge in [-0.3, -0.25) is 4.79 Å². The van der Waals surface area contributed by atoms with Gasteiger partial charge in [0, 0.05) is 57.9 Å². The van der Waals surface area contributed by atoms with Gasteiger partial charge in [0.1, 0.15) is 5.78 Å². The van der Waals surface area contributed by atoms with Gasteiger partial charge in [-0.2, -0.15) is 0 Å². The van der Waals surface area contributed by atoms with Crippen molar-refractivity contribution in [3.05, 3.63) is 10.4 Å². The van der Waals surface area contributed by atoms with E-state index in [0.29, 0.717) is 30.4 Å². The summed E-state index contributed by atoms with van der Waals surface area (Å²) in [6.07, 6.45) is 2.27. The Balaban J connectivity index is 2.17. The summed E-state index contributed by atoms with van der Waals surface area (Å²) in [6, 6.07) is 0.571. The van der Waals surface area contributed by atoms with Crippen LogP contribution in [0.5, 0.6) is 0 Å². The van der Waals surface area contributed by atoms with E-state index in [1.165, 1.54) is 23.9 Å². The van der Waals surface area contributed by atoms with Crippen molar-refractivity contribution in [2.45, 2.75) is 31.4 Å². The predicted octanol–water partition coefficient (Wildman–Crippen LogP) is 1.61. The van der Waals surface area contributed by atoms with Crippen LogP contribution in [0.3, 0.4) is 0 Å². The van der Waals surface area contributed by atoms with Crippen LogP contribution in [0.25, 0.3) is 0 Å². The molecule has 1 rings (SSSR count). The molecule has 8 nitrogen and oxygen atoms in total. The number of aliphatic hydroxyl groups excluding tert-OH is 2. The SMILES string of the molecule is CO[Si](CCCC(=O)CC(O)CSN1NC=C(SCCO)S1)(OC)OC. The maximum Gasteiger partial charge on any atom is 0.500 e. The molecule has 0 radical (unpaired) electrons. The van der Waals surface area contributed by atoms with Gasteiger partial charge in [-0.05, 0) is 30.3 Å². The fourth-order valence-electron chi connectivity index (χ4n) is 2.15. The Morgan fingerprint density at radius 2 is 2.08 bits per heavy atom. The van der Waals surface area contributed by atoms with Crippen molar-refractivity contribution in [2.75, 3.05) is 39.4 Å². The lowest BCUT2D eigenvalue weighted by atomic mass is 10.1. The molecule has 0 bridgehead atoms. The molecule has 0 fully saturated rings. The predicted molar refractivity (Wildman–Crippen MR) is 109 cm³/mol. The molecule has 0 amide bonds. The van der Waals surface area contributed by atoms with Crippen molar-refractivity contribution in [1.82, 2.24) is 9.25 Å². The average Bonchev–Trinajstić information content (AvgIpc) is 3.10. The second kappa shape index (κ2) is 13.4. The van der Waals surface area contributed by atoms with Crippen molar-refractivity contribution in [3.8, 4) is 0 Å². The quantitative estimate of drug-likeness (QED) is 0.254. The molecule has 1 heterocycles. The summed E-state index contributed by atoms with van der Waals surface area (Å²) < 4.78 is 18.8. The minimum absolute atomic E-state index is 0.0173. The Morgan fingerprint density at radius 1 is 1.38 bits per heavy atom. The molecule has 0 aromatic carbocycles. The highest BCUT2D eigenvalue weighted by Crippen LogP contribution is 2.37. The summed E-state index contributed by atoms with van der Waals surface area (Å²) >= 11 is 4.47. The van der Waals surface area contributed by atoms with Crippen LogP contribution in [0, 0.1) is 0 Å². The van der Waals surface area contributed by atoms with E-state index in [-0.39, 0.29) is 18.8 Å². The van der Waals surface area contributed by atoms with E-state index in [4.69, 9.17) is 18.4 Å². The smallest absolute Gasteiger partial charge is 0.396 e. The number of carbonyl (C=O) groups is 1. The molecule has 1 aliphatic heterocycles. The number of hydrogen-bond donors (Lipinski definition) is 3. The van der Waals surface area contributed by atoms with Crippen LogP contribution in [-0.2, 0) is 18.1 Å². The fourth-order valence-corrected chi connectivity index (χ4v) is 6.69. The summed E-state index contributed by atoms with van der Waals surface area (Å²) in [4.78, 5) is 12.0. The highest BCUT2D eigenvalue weighted by molar-refractivity contribution is 8.25. The van der Waals surface area contributed by atoms with E-state index in [1.807, 2.05) is 10.0 Å². The van der Waals surface area contributed by atoms with E-state index in [0.717, 1.165) is 4.24 Å². The zero-order valence-corrected chi connectivity index (χ0v) is 18.8. The van der Waals surface area contributed by atoms with Crippen LogP contribution < -0.4 is 5.43 Å². The highest BCUT2D eigenvalue weighted by atomic mass is 32.2. The lowest BCUT2D eigenvalue weighted by Crippen LogP contribution is -2.42. The Kier molecular flexibility index (Phi) is 12.5. The number of nitrogens with zero attached hydrogens (tertiary/aromatic N) is 1. The normalized spacial score (nSPS) is 16.4. The number of ketones is 1. The number of aliphatic hydroxyl groups is 2. The molecule has 26 heavy (non-hydrogen) atoms. The van der Waals surface area contributed by atoms with Gasteiger partial charge in [0.2, 0.25) is 0 Å². The van der Waals surface area contributed by atoms with Gasteiger partial charge in [0.25, 0.3) is 0 Å². The molecular weight excluding hydrogens is 416 g/mol. The number of Topliss-reactive ketones (excluding diaryl/α,β-unsaturated/α-hetero) is 1. The second-order valence-electron chi connectivity index (χ2n) is 5.35. The molecule has 0 saturated heterocycles. The van der Waals surface area contributed by atoms with Crippen LogP contribution in [0.2, 0.25) is 6.04 Å². The number of hydrazine groups is 1. The van der Waals surface area contributed by atoms with Gasteiger partial charge in [-0.25, -0.2) is 0 Å². The van der Waals surface area contributed by atoms with Gasteiger partial charge in [-0.15, -0.1) is 15.6 Å². The number of nitrogens with one attached hydrogen (secondary N) is 1. The van der Waals surface area contributed by atoms with E-state index in [1.54, 1.807) is 33.1 Å². The van der Waals surface area contributed by atoms with Crippen molar-refractivity contribution in [2.24, 2.45) is 0 Å². The number of carbonyl (C=O) groups excluding carboxylic acids is 1. The Morgan fingerprint density at radius 3 is 2.69 bits per heavy atom. The minimum atomic E-state index is -2.63. The van der Waals surface area contributed by atoms with Crippen LogP contribution in [0.15, 0.2) is 10.4 Å². The summed E-state index contributed by atoms with van der Waals surface area (Å²) in [5.41, 5.74) is 3.06. The number of thioether (sulfide) groups is 1. The molecule has 0 aromatic heterocycles. The minimum Gasteiger partial charge on any atom is -0.396 e. The van der Waals surface area contributed by atoms with E-state index in [9.17, 15) is 9.90 Å². The third kappa shape index (κ3) is 8.95. The van der Waals surface area contributed by atoms with Crippen molar-refractivity contribution in [3.63, 3.8) is 0 Å². The largest absolute Gasteiger partial charge is 0.500 e. The first-order chi connectivity index (χ1) is 12.5. The first-order valence-corrected chi connectivity index (χ1v) is 12.8. The first-order valence-electron chi connectivity index (χ1n) is 8.14. The molecule has 0 aliphatic carbocycles. The molecule has 152 valence electrons. The first kappa shape index (κ1) is 24.3. The lowest BCUT2D eigenvalue weighted by Gasteiger charge is -2.24. The van der Waals surface area contributed by atoms with Crippen LogP contribution in [0.1, 0.15) is 19.3 Å². The summed E-state index contributed by atoms with van der Waals surface area (Å²) in [7, 11) is 2.02. The molecule has 0 aromatic rings. The zero-order chi connectivity index (χ0) is 19.4. The average molecular weight is 445 g/mol. The van der Waals surface area contributed by atoms with E-state index >= 15 is 0 Å².